The number of hydrogen-bond donors (Lipinski definition) is 1. The maximum Gasteiger partial charge on any atom is 0.416 e. The van der Waals surface area contributed by atoms with E-state index in [4.69, 9.17) is 16.3 Å². The molecule has 0 saturated carbocycles. The number of nitrogens with zero attached hydrogens (tertiary/aromatic N) is 3. The molecule has 2 heterocycles. The van der Waals surface area contributed by atoms with Crippen LogP contribution in [-0.2, 0) is 22.3 Å². The number of rotatable bonds is 7. The van der Waals surface area contributed by atoms with Gasteiger partial charge in [-0.15, -0.1) is 0 Å². The fourth-order valence-corrected chi connectivity index (χ4v) is 5.06. The second-order valence-corrected chi connectivity index (χ2v) is 11.5. The number of halogens is 4. The average Bonchev–Trinajstić information content (AvgIpc) is 3.35. The molecule has 13 heteroatoms. The van der Waals surface area contributed by atoms with Crippen molar-refractivity contribution in [3.63, 3.8) is 0 Å². The summed E-state index contributed by atoms with van der Waals surface area (Å²) in [6.45, 7) is 5.49. The summed E-state index contributed by atoms with van der Waals surface area (Å²) in [6, 6.07) is 8.77. The summed E-state index contributed by atoms with van der Waals surface area (Å²) >= 11 is 6.59. The highest BCUT2D eigenvalue weighted by atomic mass is 35.5. The monoisotopic (exact) mass is 594 g/mol. The Morgan fingerprint density at radius 2 is 1.90 bits per heavy atom. The first-order valence-corrected chi connectivity index (χ1v) is 13.4. The van der Waals surface area contributed by atoms with Crippen LogP contribution >= 0.6 is 23.4 Å². The molecule has 2 aromatic carbocycles. The molecule has 1 fully saturated rings. The molecule has 8 nitrogen and oxygen atoms in total. The topological polar surface area (TPSA) is 93.5 Å². The third-order valence-corrected chi connectivity index (χ3v) is 6.90. The number of nitrogens with one attached hydrogen (secondary N) is 1. The highest BCUT2D eigenvalue weighted by Crippen LogP contribution is 2.35. The predicted octanol–water partition coefficient (Wildman–Crippen LogP) is 6.71. The van der Waals surface area contributed by atoms with Crippen molar-refractivity contribution in [3.05, 3.63) is 69.2 Å². The lowest BCUT2D eigenvalue weighted by Gasteiger charge is -2.20. The molecule has 1 aliphatic heterocycles. The first-order valence-electron chi connectivity index (χ1n) is 12.2. The van der Waals surface area contributed by atoms with Gasteiger partial charge in [-0.3, -0.25) is 19.2 Å². The van der Waals surface area contributed by atoms with Crippen LogP contribution in [0.1, 0.15) is 43.9 Å². The molecule has 0 aliphatic carbocycles. The van der Waals surface area contributed by atoms with E-state index in [1.165, 1.54) is 23.0 Å². The second-order valence-electron chi connectivity index (χ2n) is 10.0. The predicted molar refractivity (Wildman–Crippen MR) is 147 cm³/mol. The van der Waals surface area contributed by atoms with E-state index >= 15 is 0 Å². The number of fused-ring (bicyclic) bond motifs is 1. The van der Waals surface area contributed by atoms with Crippen LogP contribution in [0.15, 0.2) is 47.5 Å². The van der Waals surface area contributed by atoms with Crippen molar-refractivity contribution >= 4 is 57.6 Å². The van der Waals surface area contributed by atoms with Crippen LogP contribution in [0.5, 0.6) is 0 Å². The highest BCUT2D eigenvalue weighted by molar-refractivity contribution is 8.18. The minimum absolute atomic E-state index is 0.00655. The van der Waals surface area contributed by atoms with Gasteiger partial charge in [0, 0.05) is 23.5 Å². The molecule has 1 saturated heterocycles. The first-order chi connectivity index (χ1) is 18.7. The van der Waals surface area contributed by atoms with Crippen molar-refractivity contribution < 1.29 is 32.3 Å². The van der Waals surface area contributed by atoms with Gasteiger partial charge in [0.05, 0.1) is 28.7 Å². The average molecular weight is 595 g/mol. The van der Waals surface area contributed by atoms with E-state index < -0.39 is 34.6 Å². The smallest absolute Gasteiger partial charge is 0.416 e. The molecule has 3 aromatic rings. The van der Waals surface area contributed by atoms with E-state index in [-0.39, 0.29) is 35.1 Å². The van der Waals surface area contributed by atoms with Gasteiger partial charge in [0.15, 0.2) is 0 Å². The molecule has 4 rings (SSSR count). The fraction of sp³-hybridized carbons (Fsp3) is 0.333. The van der Waals surface area contributed by atoms with Crippen LogP contribution in [0.4, 0.5) is 22.8 Å². The van der Waals surface area contributed by atoms with Gasteiger partial charge in [0.1, 0.15) is 5.60 Å². The SMILES string of the molecule is CC(C)(C)OC(=O)NCCCN1C(=O)SC(=Cc2ccc3c(cnn3Cc3ccc(Cl)cc3C(F)(F)F)c2)C1=O. The number of thioether (sulfide) groups is 1. The molecular weight excluding hydrogens is 569 g/mol. The van der Waals surface area contributed by atoms with Crippen molar-refractivity contribution in [3.8, 4) is 0 Å². The lowest BCUT2D eigenvalue weighted by Crippen LogP contribution is -2.35. The summed E-state index contributed by atoms with van der Waals surface area (Å²) in [4.78, 5) is 38.4. The Morgan fingerprint density at radius 1 is 1.15 bits per heavy atom. The van der Waals surface area contributed by atoms with Crippen molar-refractivity contribution in [2.24, 2.45) is 0 Å². The molecule has 1 aromatic heterocycles. The number of amides is 3. The first kappa shape index (κ1) is 29.5. The number of carbonyl (C=O) groups is 3. The van der Waals surface area contributed by atoms with Crippen LogP contribution < -0.4 is 5.32 Å². The highest BCUT2D eigenvalue weighted by Gasteiger charge is 2.35. The number of alkyl halides is 3. The number of benzene rings is 2. The molecule has 0 spiro atoms. The van der Waals surface area contributed by atoms with Crippen LogP contribution in [-0.4, -0.2) is 50.6 Å². The zero-order chi connectivity index (χ0) is 29.2. The van der Waals surface area contributed by atoms with Crippen LogP contribution in [0.25, 0.3) is 17.0 Å². The summed E-state index contributed by atoms with van der Waals surface area (Å²) in [5.74, 6) is -0.439. The number of aromatic nitrogens is 2. The number of carbonyl (C=O) groups excluding carboxylic acids is 3. The third-order valence-electron chi connectivity index (χ3n) is 5.76. The van der Waals surface area contributed by atoms with Gasteiger partial charge in [-0.05, 0) is 80.4 Å². The molecule has 0 unspecified atom stereocenters. The lowest BCUT2D eigenvalue weighted by molar-refractivity contribution is -0.138. The summed E-state index contributed by atoms with van der Waals surface area (Å²) in [6.07, 6.45) is -1.66. The van der Waals surface area contributed by atoms with Gasteiger partial charge < -0.3 is 10.1 Å². The van der Waals surface area contributed by atoms with Crippen LogP contribution in [0.2, 0.25) is 5.02 Å². The van der Waals surface area contributed by atoms with Crippen molar-refractivity contribution in [2.75, 3.05) is 13.1 Å². The molecule has 0 radical (unpaired) electrons. The van der Waals surface area contributed by atoms with Crippen molar-refractivity contribution in [1.82, 2.24) is 20.0 Å². The van der Waals surface area contributed by atoms with Gasteiger partial charge in [-0.2, -0.15) is 18.3 Å². The lowest BCUT2D eigenvalue weighted by atomic mass is 10.1. The fourth-order valence-electron chi connectivity index (χ4n) is 4.02. The van der Waals surface area contributed by atoms with Gasteiger partial charge in [-0.25, -0.2) is 4.79 Å². The van der Waals surface area contributed by atoms with Gasteiger partial charge in [0.2, 0.25) is 0 Å². The van der Waals surface area contributed by atoms with Crippen molar-refractivity contribution in [1.29, 1.82) is 0 Å². The Balaban J connectivity index is 1.43. The van der Waals surface area contributed by atoms with Crippen LogP contribution in [0.3, 0.4) is 0 Å². The summed E-state index contributed by atoms with van der Waals surface area (Å²) in [5, 5.41) is 7.07. The molecule has 1 aliphatic rings. The Labute approximate surface area is 237 Å². The van der Waals surface area contributed by atoms with Gasteiger partial charge in [0.25, 0.3) is 11.1 Å². The molecule has 0 atom stereocenters. The minimum atomic E-state index is -4.56. The minimum Gasteiger partial charge on any atom is -0.444 e. The molecule has 0 bridgehead atoms. The quantitative estimate of drug-likeness (QED) is 0.241. The third kappa shape index (κ3) is 7.16. The molecular formula is C27H26ClF3N4O4S. The molecule has 212 valence electrons. The Hall–Kier alpha value is -3.51. The van der Waals surface area contributed by atoms with E-state index in [1.807, 2.05) is 0 Å². The van der Waals surface area contributed by atoms with E-state index in [2.05, 4.69) is 10.4 Å². The number of ether oxygens (including phenoxy) is 1. The maximum absolute atomic E-state index is 13.5. The van der Waals surface area contributed by atoms with E-state index in [0.29, 0.717) is 22.9 Å². The zero-order valence-corrected chi connectivity index (χ0v) is 23.4. The van der Waals surface area contributed by atoms with Crippen molar-refractivity contribution in [2.45, 2.75) is 45.5 Å². The van der Waals surface area contributed by atoms with Gasteiger partial charge >= 0.3 is 12.3 Å². The molecule has 1 N–H and O–H groups in total. The number of hydrogen-bond acceptors (Lipinski definition) is 6. The maximum atomic E-state index is 13.5. The number of alkyl carbamates (subject to hydrolysis) is 1. The van der Waals surface area contributed by atoms with E-state index in [9.17, 15) is 27.6 Å². The Morgan fingerprint density at radius 3 is 2.60 bits per heavy atom. The van der Waals surface area contributed by atoms with Gasteiger partial charge in [-0.1, -0.05) is 23.7 Å². The molecule has 40 heavy (non-hydrogen) atoms. The summed E-state index contributed by atoms with van der Waals surface area (Å²) in [5.41, 5.74) is -0.189. The van der Waals surface area contributed by atoms with Crippen LogP contribution in [0, 0.1) is 0 Å². The largest absolute Gasteiger partial charge is 0.444 e. The standard InChI is InChI=1S/C27H26ClF3N4O4S/c1-26(2,3)39-24(37)32-9-4-10-34-23(36)22(40-25(34)38)12-16-5-8-21-18(11-16)14-33-35(21)15-17-6-7-19(28)13-20(17)27(29,30)31/h5-8,11-14H,4,9-10,15H2,1-3H3,(H,32,37). The zero-order valence-electron chi connectivity index (χ0n) is 21.8. The molecule has 3 amide bonds. The normalized spacial score (nSPS) is 15.4. The Kier molecular flexibility index (Phi) is 8.50. The summed E-state index contributed by atoms with van der Waals surface area (Å²) < 4.78 is 47.1. The Bertz CT molecular complexity index is 1500. The van der Waals surface area contributed by atoms with E-state index in [1.54, 1.807) is 45.0 Å². The second kappa shape index (κ2) is 11.5. The summed E-state index contributed by atoms with van der Waals surface area (Å²) in [7, 11) is 0. The number of imide groups is 1. The van der Waals surface area contributed by atoms with E-state index in [0.717, 1.165) is 22.7 Å².